The van der Waals surface area contributed by atoms with Crippen LogP contribution in [0, 0.1) is 26.7 Å². The number of rotatable bonds is 6. The molecule has 0 aliphatic heterocycles. The van der Waals surface area contributed by atoms with Crippen LogP contribution < -0.4 is 0 Å². The summed E-state index contributed by atoms with van der Waals surface area (Å²) in [7, 11) is 0. The summed E-state index contributed by atoms with van der Waals surface area (Å²) >= 11 is 0. The van der Waals surface area contributed by atoms with Gasteiger partial charge in [0.2, 0.25) is 0 Å². The monoisotopic (exact) mass is 524 g/mol. The number of aliphatic hydroxyl groups is 2. The summed E-state index contributed by atoms with van der Waals surface area (Å²) in [4.78, 5) is 21.7. The van der Waals surface area contributed by atoms with E-state index >= 15 is 0 Å². The number of hydrogen-bond acceptors (Lipinski definition) is 4. The Kier molecular flexibility index (Phi) is 34.2. The molecule has 0 radical (unpaired) electrons. The molecule has 31 heavy (non-hydrogen) atoms. The fraction of sp³-hybridized carbons (Fsp3) is 0.538. The van der Waals surface area contributed by atoms with Crippen LogP contribution >= 0.6 is 0 Å². The van der Waals surface area contributed by atoms with Crippen molar-refractivity contribution in [1.82, 2.24) is 0 Å². The van der Waals surface area contributed by atoms with Gasteiger partial charge < -0.3 is 25.1 Å². The second-order valence-electron chi connectivity index (χ2n) is 7.80. The molecule has 0 atom stereocenters. The van der Waals surface area contributed by atoms with E-state index in [1.54, 1.807) is 0 Å². The quantitative estimate of drug-likeness (QED) is 0.123. The molecule has 0 aromatic heterocycles. The molecule has 182 valence electrons. The number of allylic oxidation sites excluding steroid dienone is 8. The third-order valence-corrected chi connectivity index (χ3v) is 3.29. The van der Waals surface area contributed by atoms with Crippen molar-refractivity contribution in [2.45, 2.75) is 80.1 Å². The standard InChI is InChI=1S/2C8H14O2.C8H12.2CH3.Ru/c2*1-6(2)4-8(10)5-7(3)9;1-2-4-6-8-7-5-3-1;;;/h2*5-6,9H,4H2,1-3H3;1-2,7-8H,3-6H2;2*1H3;/q;;;2*-1;+2/b;;2-1-,8-7?;;;. The van der Waals surface area contributed by atoms with Crippen molar-refractivity contribution >= 4 is 11.6 Å². The van der Waals surface area contributed by atoms with Crippen LogP contribution in [0.5, 0.6) is 0 Å². The Labute approximate surface area is 205 Å². The first-order valence-corrected chi connectivity index (χ1v) is 10.1. The summed E-state index contributed by atoms with van der Waals surface area (Å²) in [5, 5.41) is 17.4. The van der Waals surface area contributed by atoms with Crippen LogP contribution in [0.3, 0.4) is 0 Å². The van der Waals surface area contributed by atoms with Crippen molar-refractivity contribution in [1.29, 1.82) is 0 Å². The molecule has 5 heteroatoms. The average molecular weight is 524 g/mol. The van der Waals surface area contributed by atoms with E-state index in [-0.39, 0.29) is 57.4 Å². The zero-order valence-electron chi connectivity index (χ0n) is 20.9. The van der Waals surface area contributed by atoms with Crippen molar-refractivity contribution in [3.05, 3.63) is 62.8 Å². The molecule has 0 heterocycles. The van der Waals surface area contributed by atoms with Gasteiger partial charge >= 0.3 is 19.5 Å². The second-order valence-corrected chi connectivity index (χ2v) is 7.80. The molecule has 1 aliphatic rings. The number of carbonyl (C=O) groups is 2. The maximum absolute atomic E-state index is 10.8. The number of ketones is 2. The maximum atomic E-state index is 10.8. The van der Waals surface area contributed by atoms with Crippen molar-refractivity contribution in [3.63, 3.8) is 0 Å². The smallest absolute Gasteiger partial charge is 0.512 e. The molecule has 2 N–H and O–H groups in total. The van der Waals surface area contributed by atoms with Gasteiger partial charge in [-0.3, -0.25) is 9.59 Å². The summed E-state index contributed by atoms with van der Waals surface area (Å²) < 4.78 is 0. The predicted molar refractivity (Wildman–Crippen MR) is 131 cm³/mol. The largest absolute Gasteiger partial charge is 2.00 e. The Bertz CT molecular complexity index is 486. The summed E-state index contributed by atoms with van der Waals surface area (Å²) in [5.41, 5.74) is 0. The van der Waals surface area contributed by atoms with Crippen LogP contribution in [-0.4, -0.2) is 21.8 Å². The van der Waals surface area contributed by atoms with Crippen LogP contribution in [0.15, 0.2) is 48.0 Å². The van der Waals surface area contributed by atoms with Gasteiger partial charge in [-0.05, 0) is 51.4 Å². The van der Waals surface area contributed by atoms with Crippen molar-refractivity contribution < 1.29 is 39.3 Å². The molecule has 0 bridgehead atoms. The van der Waals surface area contributed by atoms with Gasteiger partial charge in [-0.15, -0.1) is 0 Å². The van der Waals surface area contributed by atoms with Gasteiger partial charge in [0.05, 0.1) is 11.5 Å². The Morgan fingerprint density at radius 1 is 0.710 bits per heavy atom. The minimum Gasteiger partial charge on any atom is -0.512 e. The fourth-order valence-electron chi connectivity index (χ4n) is 2.24. The minimum atomic E-state index is -0.00463. The Morgan fingerprint density at radius 2 is 0.935 bits per heavy atom. The normalized spacial score (nSPS) is 14.1. The van der Waals surface area contributed by atoms with E-state index in [1.807, 2.05) is 27.7 Å². The molecule has 0 spiro atoms. The van der Waals surface area contributed by atoms with Gasteiger partial charge in [-0.25, -0.2) is 0 Å². The third-order valence-electron chi connectivity index (χ3n) is 3.29. The topological polar surface area (TPSA) is 74.6 Å². The molecule has 0 aromatic carbocycles. The first-order chi connectivity index (χ1) is 13.0. The summed E-state index contributed by atoms with van der Waals surface area (Å²) in [6.07, 6.45) is 17.6. The molecule has 0 amide bonds. The zero-order valence-corrected chi connectivity index (χ0v) is 22.7. The number of aliphatic hydroxyl groups excluding tert-OH is 2. The van der Waals surface area contributed by atoms with Crippen LogP contribution in [0.2, 0.25) is 0 Å². The molecule has 0 saturated heterocycles. The van der Waals surface area contributed by atoms with Gasteiger partial charge in [0.1, 0.15) is 0 Å². The van der Waals surface area contributed by atoms with Crippen molar-refractivity contribution in [2.75, 3.05) is 0 Å². The molecular weight excluding hydrogens is 477 g/mol. The van der Waals surface area contributed by atoms with Gasteiger partial charge in [-0.2, -0.15) is 0 Å². The molecule has 0 saturated carbocycles. The summed E-state index contributed by atoms with van der Waals surface area (Å²) in [6.45, 7) is 10.9. The van der Waals surface area contributed by atoms with Gasteiger partial charge in [-0.1, -0.05) is 52.0 Å². The van der Waals surface area contributed by atoms with E-state index in [0.717, 1.165) is 0 Å². The molecule has 4 nitrogen and oxygen atoms in total. The zero-order chi connectivity index (χ0) is 21.9. The van der Waals surface area contributed by atoms with E-state index < -0.39 is 0 Å². The first-order valence-electron chi connectivity index (χ1n) is 10.1. The SMILES string of the molecule is C1=CCC/C=C\CC1.CC(O)=CC(=O)CC(C)C.CC(O)=CC(=O)CC(C)C.[CH3-].[CH3-].[Ru+2]. The van der Waals surface area contributed by atoms with Crippen molar-refractivity contribution in [3.8, 4) is 0 Å². The van der Waals surface area contributed by atoms with Crippen molar-refractivity contribution in [2.24, 2.45) is 11.8 Å². The van der Waals surface area contributed by atoms with Crippen LogP contribution in [0.25, 0.3) is 0 Å². The first kappa shape index (κ1) is 39.9. The van der Waals surface area contributed by atoms with Gasteiger partial charge in [0.25, 0.3) is 0 Å². The van der Waals surface area contributed by atoms with E-state index in [2.05, 4.69) is 24.3 Å². The molecule has 0 fully saturated rings. The Balaban J connectivity index is -0.000000104. The Morgan fingerprint density at radius 3 is 1.10 bits per heavy atom. The molecule has 1 aliphatic carbocycles. The maximum Gasteiger partial charge on any atom is 2.00 e. The predicted octanol–water partition coefficient (Wildman–Crippen LogP) is 7.70. The molecule has 1 rings (SSSR count). The van der Waals surface area contributed by atoms with Crippen LogP contribution in [0.4, 0.5) is 0 Å². The van der Waals surface area contributed by atoms with E-state index in [9.17, 15) is 9.59 Å². The number of hydrogen-bond donors (Lipinski definition) is 2. The molecule has 0 aromatic rings. The number of carbonyl (C=O) groups excluding carboxylic acids is 2. The van der Waals surface area contributed by atoms with Gasteiger partial charge in [0, 0.05) is 25.0 Å². The summed E-state index contributed by atoms with van der Waals surface area (Å²) in [5.74, 6) is 0.896. The van der Waals surface area contributed by atoms with Crippen LogP contribution in [0.1, 0.15) is 80.1 Å². The summed E-state index contributed by atoms with van der Waals surface area (Å²) in [6, 6.07) is 0. The van der Waals surface area contributed by atoms with E-state index in [0.29, 0.717) is 24.7 Å². The third kappa shape index (κ3) is 39.6. The van der Waals surface area contributed by atoms with Gasteiger partial charge in [0.15, 0.2) is 11.6 Å². The second kappa shape index (κ2) is 26.6. The average Bonchev–Trinajstić information content (AvgIpc) is 2.43. The van der Waals surface area contributed by atoms with E-state index in [1.165, 1.54) is 51.7 Å². The van der Waals surface area contributed by atoms with Crippen LogP contribution in [-0.2, 0) is 29.1 Å². The minimum absolute atomic E-state index is 0. The van der Waals surface area contributed by atoms with E-state index in [4.69, 9.17) is 10.2 Å². The fourth-order valence-corrected chi connectivity index (χ4v) is 2.24. The molecular formula is C26H46O4Ru. The Hall–Kier alpha value is -1.48. The molecule has 0 unspecified atom stereocenters.